The standard InChI is InChI=1S/C14H9BrCl2FNO/c15-7-8-1-3-9(4-2-8)14(20)19-13-11(16)5-10(18)6-12(13)17/h1-6H,7H2,(H,19,20). The first kappa shape index (κ1) is 15.3. The zero-order chi connectivity index (χ0) is 14.7. The maximum atomic E-state index is 13.1. The summed E-state index contributed by atoms with van der Waals surface area (Å²) in [7, 11) is 0. The number of halogens is 4. The molecule has 1 N–H and O–H groups in total. The highest BCUT2D eigenvalue weighted by Gasteiger charge is 2.13. The van der Waals surface area contributed by atoms with E-state index in [2.05, 4.69) is 21.2 Å². The summed E-state index contributed by atoms with van der Waals surface area (Å²) in [6.07, 6.45) is 0. The Morgan fingerprint density at radius 2 is 1.70 bits per heavy atom. The molecule has 6 heteroatoms. The minimum atomic E-state index is -0.556. The van der Waals surface area contributed by atoms with Crippen LogP contribution in [0.25, 0.3) is 0 Å². The van der Waals surface area contributed by atoms with Gasteiger partial charge in [-0.05, 0) is 29.8 Å². The number of anilines is 1. The Kier molecular flexibility index (Phi) is 5.02. The van der Waals surface area contributed by atoms with Gasteiger partial charge in [0, 0.05) is 10.9 Å². The number of carbonyl (C=O) groups excluding carboxylic acids is 1. The van der Waals surface area contributed by atoms with Gasteiger partial charge < -0.3 is 5.32 Å². The summed E-state index contributed by atoms with van der Waals surface area (Å²) in [5.74, 6) is -0.916. The highest BCUT2D eigenvalue weighted by Crippen LogP contribution is 2.31. The van der Waals surface area contributed by atoms with Crippen LogP contribution >= 0.6 is 39.1 Å². The Bertz CT molecular complexity index is 623. The fraction of sp³-hybridized carbons (Fsp3) is 0.0714. The van der Waals surface area contributed by atoms with Crippen LogP contribution in [0.15, 0.2) is 36.4 Å². The van der Waals surface area contributed by atoms with Crippen LogP contribution in [0, 0.1) is 5.82 Å². The van der Waals surface area contributed by atoms with E-state index in [1.807, 2.05) is 12.1 Å². The minimum Gasteiger partial charge on any atom is -0.319 e. The summed E-state index contributed by atoms with van der Waals surface area (Å²) in [6, 6.07) is 9.23. The smallest absolute Gasteiger partial charge is 0.255 e. The molecule has 0 unspecified atom stereocenters. The van der Waals surface area contributed by atoms with E-state index in [1.165, 1.54) is 0 Å². The summed E-state index contributed by atoms with van der Waals surface area (Å²) in [6.45, 7) is 0. The summed E-state index contributed by atoms with van der Waals surface area (Å²) < 4.78 is 13.1. The first-order valence-corrected chi connectivity index (χ1v) is 7.50. The molecular weight excluding hydrogens is 368 g/mol. The number of benzene rings is 2. The quantitative estimate of drug-likeness (QED) is 0.725. The van der Waals surface area contributed by atoms with Gasteiger partial charge in [0.05, 0.1) is 15.7 Å². The van der Waals surface area contributed by atoms with Crippen LogP contribution in [0.5, 0.6) is 0 Å². The summed E-state index contributed by atoms with van der Waals surface area (Å²) in [4.78, 5) is 12.1. The molecule has 0 aliphatic rings. The van der Waals surface area contributed by atoms with Gasteiger partial charge in [-0.15, -0.1) is 0 Å². The molecule has 0 heterocycles. The lowest BCUT2D eigenvalue weighted by atomic mass is 10.1. The number of rotatable bonds is 3. The minimum absolute atomic E-state index is 0.0560. The van der Waals surface area contributed by atoms with Gasteiger partial charge in [0.2, 0.25) is 0 Å². The molecule has 0 aliphatic heterocycles. The van der Waals surface area contributed by atoms with Crippen LogP contribution in [0.4, 0.5) is 10.1 Å². The van der Waals surface area contributed by atoms with E-state index in [0.29, 0.717) is 10.9 Å². The first-order valence-electron chi connectivity index (χ1n) is 5.62. The zero-order valence-corrected chi connectivity index (χ0v) is 13.2. The lowest BCUT2D eigenvalue weighted by Gasteiger charge is -2.09. The van der Waals surface area contributed by atoms with E-state index in [1.54, 1.807) is 12.1 Å². The van der Waals surface area contributed by atoms with Gasteiger partial charge in [-0.2, -0.15) is 0 Å². The van der Waals surface area contributed by atoms with Crippen LogP contribution in [0.2, 0.25) is 10.0 Å². The molecule has 1 amide bonds. The molecule has 0 spiro atoms. The molecule has 0 atom stereocenters. The van der Waals surface area contributed by atoms with Crippen molar-refractivity contribution in [2.24, 2.45) is 0 Å². The van der Waals surface area contributed by atoms with E-state index in [4.69, 9.17) is 23.2 Å². The van der Waals surface area contributed by atoms with Crippen molar-refractivity contribution in [1.82, 2.24) is 0 Å². The maximum absolute atomic E-state index is 13.1. The van der Waals surface area contributed by atoms with Crippen molar-refractivity contribution in [1.29, 1.82) is 0 Å². The molecule has 0 aromatic heterocycles. The average Bonchev–Trinajstić information content (AvgIpc) is 2.42. The van der Waals surface area contributed by atoms with Gasteiger partial charge in [0.1, 0.15) is 5.82 Å². The van der Waals surface area contributed by atoms with Crippen molar-refractivity contribution in [3.05, 3.63) is 63.4 Å². The first-order chi connectivity index (χ1) is 9.51. The average molecular weight is 377 g/mol. The molecule has 0 saturated heterocycles. The highest BCUT2D eigenvalue weighted by atomic mass is 79.9. The number of hydrogen-bond donors (Lipinski definition) is 1. The molecule has 0 radical (unpaired) electrons. The molecule has 2 aromatic carbocycles. The van der Waals surface area contributed by atoms with E-state index < -0.39 is 5.82 Å². The second-order valence-electron chi connectivity index (χ2n) is 4.03. The molecule has 20 heavy (non-hydrogen) atoms. The monoisotopic (exact) mass is 375 g/mol. The topological polar surface area (TPSA) is 29.1 Å². The van der Waals surface area contributed by atoms with E-state index in [0.717, 1.165) is 17.7 Å². The van der Waals surface area contributed by atoms with Crippen LogP contribution < -0.4 is 5.32 Å². The largest absolute Gasteiger partial charge is 0.319 e. The molecule has 2 aromatic rings. The predicted octanol–water partition coefficient (Wildman–Crippen LogP) is 5.28. The number of nitrogens with one attached hydrogen (secondary N) is 1. The highest BCUT2D eigenvalue weighted by molar-refractivity contribution is 9.08. The molecule has 2 nitrogen and oxygen atoms in total. The van der Waals surface area contributed by atoms with Crippen molar-refractivity contribution < 1.29 is 9.18 Å². The second-order valence-corrected chi connectivity index (χ2v) is 5.40. The fourth-order valence-electron chi connectivity index (χ4n) is 1.59. The molecule has 0 bridgehead atoms. The number of amides is 1. The van der Waals surface area contributed by atoms with Crippen LogP contribution in [-0.2, 0) is 5.33 Å². The Morgan fingerprint density at radius 3 is 2.20 bits per heavy atom. The normalized spacial score (nSPS) is 10.4. The Morgan fingerprint density at radius 1 is 1.15 bits per heavy atom. The summed E-state index contributed by atoms with van der Waals surface area (Å²) in [5.41, 5.74) is 1.72. The van der Waals surface area contributed by atoms with Crippen molar-refractivity contribution >= 4 is 50.7 Å². The predicted molar refractivity (Wildman–Crippen MR) is 83.4 cm³/mol. The molecule has 0 fully saturated rings. The Balaban J connectivity index is 2.23. The lowest BCUT2D eigenvalue weighted by Crippen LogP contribution is -2.12. The molecule has 2 rings (SSSR count). The van der Waals surface area contributed by atoms with Gasteiger partial charge in [0.15, 0.2) is 0 Å². The van der Waals surface area contributed by atoms with E-state index in [-0.39, 0.29) is 21.6 Å². The van der Waals surface area contributed by atoms with Crippen molar-refractivity contribution in [2.75, 3.05) is 5.32 Å². The lowest BCUT2D eigenvalue weighted by molar-refractivity contribution is 0.102. The third kappa shape index (κ3) is 3.51. The Labute approximate surface area is 134 Å². The van der Waals surface area contributed by atoms with Crippen LogP contribution in [0.1, 0.15) is 15.9 Å². The van der Waals surface area contributed by atoms with Crippen LogP contribution in [0.3, 0.4) is 0 Å². The van der Waals surface area contributed by atoms with Gasteiger partial charge >= 0.3 is 0 Å². The number of hydrogen-bond acceptors (Lipinski definition) is 1. The molecule has 0 aliphatic carbocycles. The second kappa shape index (κ2) is 6.57. The van der Waals surface area contributed by atoms with E-state index in [9.17, 15) is 9.18 Å². The molecule has 104 valence electrons. The van der Waals surface area contributed by atoms with Crippen molar-refractivity contribution in [2.45, 2.75) is 5.33 Å². The third-order valence-electron chi connectivity index (χ3n) is 2.62. The number of carbonyl (C=O) groups is 1. The molecular formula is C14H9BrCl2FNO. The third-order valence-corrected chi connectivity index (χ3v) is 3.86. The van der Waals surface area contributed by atoms with Crippen molar-refractivity contribution in [3.63, 3.8) is 0 Å². The fourth-order valence-corrected chi connectivity index (χ4v) is 2.52. The van der Waals surface area contributed by atoms with Gasteiger partial charge in [-0.1, -0.05) is 51.3 Å². The van der Waals surface area contributed by atoms with Gasteiger partial charge in [-0.25, -0.2) is 4.39 Å². The summed E-state index contributed by atoms with van der Waals surface area (Å²) >= 11 is 15.1. The zero-order valence-electron chi connectivity index (χ0n) is 10.1. The Hall–Kier alpha value is -1.10. The van der Waals surface area contributed by atoms with Gasteiger partial charge in [0.25, 0.3) is 5.91 Å². The van der Waals surface area contributed by atoms with Crippen LogP contribution in [-0.4, -0.2) is 5.91 Å². The van der Waals surface area contributed by atoms with Gasteiger partial charge in [-0.3, -0.25) is 4.79 Å². The molecule has 0 saturated carbocycles. The van der Waals surface area contributed by atoms with Crippen molar-refractivity contribution in [3.8, 4) is 0 Å². The van der Waals surface area contributed by atoms with E-state index >= 15 is 0 Å². The number of alkyl halides is 1. The SMILES string of the molecule is O=C(Nc1c(Cl)cc(F)cc1Cl)c1ccc(CBr)cc1. The maximum Gasteiger partial charge on any atom is 0.255 e. The summed E-state index contributed by atoms with van der Waals surface area (Å²) in [5, 5.41) is 3.40.